The highest BCUT2D eigenvalue weighted by atomic mass is 16.2. The van der Waals surface area contributed by atoms with E-state index < -0.39 is 5.41 Å². The summed E-state index contributed by atoms with van der Waals surface area (Å²) in [4.78, 5) is 31.2. The Morgan fingerprint density at radius 2 is 1.85 bits per heavy atom. The molecule has 3 rings (SSSR count). The molecule has 110 valence electrons. The van der Waals surface area contributed by atoms with Crippen molar-refractivity contribution in [2.45, 2.75) is 38.6 Å². The Balaban J connectivity index is 1.78. The van der Waals surface area contributed by atoms with Crippen LogP contribution in [-0.4, -0.2) is 54.8 Å². The summed E-state index contributed by atoms with van der Waals surface area (Å²) in [5.74, 6) is 0.169. The minimum Gasteiger partial charge on any atom is -0.314 e. The summed E-state index contributed by atoms with van der Waals surface area (Å²) in [7, 11) is 0. The lowest BCUT2D eigenvalue weighted by atomic mass is 9.83. The topological polar surface area (TPSA) is 73.8 Å². The maximum atomic E-state index is 12.4. The number of nitrogens with one attached hydrogen (secondary N) is 2. The fourth-order valence-electron chi connectivity index (χ4n) is 3.44. The first kappa shape index (κ1) is 13.7. The first-order valence-electron chi connectivity index (χ1n) is 7.53. The Bertz CT molecular complexity index is 448. The maximum Gasteiger partial charge on any atom is 0.263 e. The summed E-state index contributed by atoms with van der Waals surface area (Å²) >= 11 is 0. The van der Waals surface area contributed by atoms with Gasteiger partial charge in [-0.05, 0) is 19.8 Å². The van der Waals surface area contributed by atoms with Gasteiger partial charge in [-0.25, -0.2) is 0 Å². The van der Waals surface area contributed by atoms with Gasteiger partial charge in [0.1, 0.15) is 11.3 Å². The van der Waals surface area contributed by atoms with Crippen LogP contribution in [0.3, 0.4) is 0 Å². The van der Waals surface area contributed by atoms with E-state index in [0.717, 1.165) is 39.0 Å². The molecule has 1 unspecified atom stereocenters. The molecule has 1 aliphatic carbocycles. The molecule has 0 bridgehead atoms. The molecular weight excluding hydrogens is 256 g/mol. The number of nitrogens with zero attached hydrogens (tertiary/aromatic N) is 2. The maximum absolute atomic E-state index is 12.4. The van der Waals surface area contributed by atoms with E-state index in [2.05, 4.69) is 20.5 Å². The number of rotatable bonds is 2. The lowest BCUT2D eigenvalue weighted by Gasteiger charge is -2.36. The number of hydrogen-bond donors (Lipinski definition) is 2. The first-order chi connectivity index (χ1) is 9.63. The molecule has 2 aliphatic heterocycles. The largest absolute Gasteiger partial charge is 0.314 e. The number of aliphatic imine (C=N–C) groups is 1. The second kappa shape index (κ2) is 5.26. The summed E-state index contributed by atoms with van der Waals surface area (Å²) in [5, 5.41) is 6.20. The standard InChI is InChI=1S/C14H22N4O2/c1-10(18-8-6-15-7-9-18)11-16-12(19)14(13(20)17-11)4-2-3-5-14/h10,15H,2-9H2,1H3,(H,16,17,19,20). The van der Waals surface area contributed by atoms with Gasteiger partial charge in [0.05, 0.1) is 6.04 Å². The van der Waals surface area contributed by atoms with Crippen LogP contribution < -0.4 is 10.6 Å². The van der Waals surface area contributed by atoms with Crippen LogP contribution in [0, 0.1) is 5.41 Å². The van der Waals surface area contributed by atoms with Gasteiger partial charge in [0, 0.05) is 26.2 Å². The molecule has 1 saturated heterocycles. The van der Waals surface area contributed by atoms with Gasteiger partial charge >= 0.3 is 0 Å². The van der Waals surface area contributed by atoms with Crippen molar-refractivity contribution in [1.82, 2.24) is 15.5 Å². The third-order valence-corrected chi connectivity index (χ3v) is 4.86. The highest BCUT2D eigenvalue weighted by Crippen LogP contribution is 2.40. The number of carbonyl (C=O) groups is 2. The van der Waals surface area contributed by atoms with Gasteiger partial charge < -0.3 is 10.6 Å². The fourth-order valence-corrected chi connectivity index (χ4v) is 3.44. The molecule has 1 saturated carbocycles. The lowest BCUT2D eigenvalue weighted by Crippen LogP contribution is -2.58. The smallest absolute Gasteiger partial charge is 0.263 e. The molecule has 6 nitrogen and oxygen atoms in total. The van der Waals surface area contributed by atoms with Gasteiger partial charge in [0.25, 0.3) is 5.91 Å². The van der Waals surface area contributed by atoms with Gasteiger partial charge in [-0.3, -0.25) is 14.5 Å². The number of amides is 2. The van der Waals surface area contributed by atoms with Gasteiger partial charge in [-0.1, -0.05) is 12.8 Å². The summed E-state index contributed by atoms with van der Waals surface area (Å²) in [5.41, 5.74) is -0.854. The lowest BCUT2D eigenvalue weighted by molar-refractivity contribution is -0.141. The van der Waals surface area contributed by atoms with Gasteiger partial charge in [-0.15, -0.1) is 0 Å². The highest BCUT2D eigenvalue weighted by Gasteiger charge is 2.51. The summed E-state index contributed by atoms with van der Waals surface area (Å²) < 4.78 is 0. The Hall–Kier alpha value is -1.27. The summed E-state index contributed by atoms with van der Waals surface area (Å²) in [6.07, 6.45) is 3.18. The Morgan fingerprint density at radius 3 is 2.45 bits per heavy atom. The van der Waals surface area contributed by atoms with Crippen molar-refractivity contribution in [3.05, 3.63) is 0 Å². The van der Waals surface area contributed by atoms with Crippen molar-refractivity contribution in [2.24, 2.45) is 10.4 Å². The number of piperazine rings is 1. The predicted octanol–water partition coefficient (Wildman–Crippen LogP) is -0.105. The van der Waals surface area contributed by atoms with Crippen molar-refractivity contribution >= 4 is 17.6 Å². The summed E-state index contributed by atoms with van der Waals surface area (Å²) in [6, 6.07) is -0.0104. The molecule has 0 aromatic rings. The van der Waals surface area contributed by atoms with Crippen LogP contribution in [0.1, 0.15) is 32.6 Å². The van der Waals surface area contributed by atoms with E-state index in [9.17, 15) is 9.59 Å². The number of hydrogen-bond acceptors (Lipinski definition) is 4. The Labute approximate surface area is 119 Å². The minimum absolute atomic E-state index is 0.0104. The highest BCUT2D eigenvalue weighted by molar-refractivity contribution is 6.19. The van der Waals surface area contributed by atoms with Crippen molar-refractivity contribution in [3.8, 4) is 0 Å². The van der Waals surface area contributed by atoms with E-state index in [0.29, 0.717) is 18.7 Å². The number of amidine groups is 1. The molecule has 1 atom stereocenters. The van der Waals surface area contributed by atoms with Crippen LogP contribution in [-0.2, 0) is 9.59 Å². The molecule has 3 aliphatic rings. The molecule has 2 amide bonds. The zero-order valence-electron chi connectivity index (χ0n) is 11.9. The SMILES string of the molecule is CC(C1=NC(=O)C2(CCCC2)C(=O)N1)N1CCNCC1. The van der Waals surface area contributed by atoms with Crippen LogP contribution in [0.4, 0.5) is 0 Å². The molecule has 2 heterocycles. The van der Waals surface area contributed by atoms with Gasteiger partial charge in [0.2, 0.25) is 5.91 Å². The molecular formula is C14H22N4O2. The monoisotopic (exact) mass is 278 g/mol. The second-order valence-electron chi connectivity index (χ2n) is 6.01. The van der Waals surface area contributed by atoms with Crippen LogP contribution in [0.5, 0.6) is 0 Å². The van der Waals surface area contributed by atoms with Crippen molar-refractivity contribution in [3.63, 3.8) is 0 Å². The molecule has 2 fully saturated rings. The average Bonchev–Trinajstić information content (AvgIpc) is 2.96. The minimum atomic E-state index is -0.854. The van der Waals surface area contributed by atoms with E-state index in [-0.39, 0.29) is 17.9 Å². The molecule has 0 radical (unpaired) electrons. The van der Waals surface area contributed by atoms with Gasteiger partial charge in [-0.2, -0.15) is 4.99 Å². The second-order valence-corrected chi connectivity index (χ2v) is 6.01. The molecule has 2 N–H and O–H groups in total. The molecule has 20 heavy (non-hydrogen) atoms. The fraction of sp³-hybridized carbons (Fsp3) is 0.786. The van der Waals surface area contributed by atoms with E-state index in [1.54, 1.807) is 0 Å². The van der Waals surface area contributed by atoms with Crippen molar-refractivity contribution in [1.29, 1.82) is 0 Å². The molecule has 0 aromatic carbocycles. The van der Waals surface area contributed by atoms with Gasteiger partial charge in [0.15, 0.2) is 0 Å². The predicted molar refractivity (Wildman–Crippen MR) is 75.4 cm³/mol. The quantitative estimate of drug-likeness (QED) is 0.692. The molecule has 0 aromatic heterocycles. The van der Waals surface area contributed by atoms with Crippen LogP contribution >= 0.6 is 0 Å². The Kier molecular flexibility index (Phi) is 3.60. The normalized spacial score (nSPS) is 28.4. The van der Waals surface area contributed by atoms with Crippen LogP contribution in [0.2, 0.25) is 0 Å². The average molecular weight is 278 g/mol. The van der Waals surface area contributed by atoms with E-state index in [1.165, 1.54) is 0 Å². The van der Waals surface area contributed by atoms with E-state index in [4.69, 9.17) is 0 Å². The van der Waals surface area contributed by atoms with Crippen molar-refractivity contribution in [2.75, 3.05) is 26.2 Å². The third kappa shape index (κ3) is 2.16. The van der Waals surface area contributed by atoms with E-state index in [1.807, 2.05) is 6.92 Å². The van der Waals surface area contributed by atoms with Crippen LogP contribution in [0.15, 0.2) is 4.99 Å². The van der Waals surface area contributed by atoms with E-state index >= 15 is 0 Å². The van der Waals surface area contributed by atoms with Crippen LogP contribution in [0.25, 0.3) is 0 Å². The number of carbonyl (C=O) groups excluding carboxylic acids is 2. The molecule has 1 spiro atoms. The molecule has 6 heteroatoms. The third-order valence-electron chi connectivity index (χ3n) is 4.86. The summed E-state index contributed by atoms with van der Waals surface area (Å²) in [6.45, 7) is 5.70. The zero-order chi connectivity index (χ0) is 14.2. The zero-order valence-corrected chi connectivity index (χ0v) is 11.9. The Morgan fingerprint density at radius 1 is 1.20 bits per heavy atom. The first-order valence-corrected chi connectivity index (χ1v) is 7.53. The van der Waals surface area contributed by atoms with Crippen molar-refractivity contribution < 1.29 is 9.59 Å².